The average Bonchev–Trinajstić information content (AvgIpc) is 2.78. The molecule has 0 spiro atoms. The first-order chi connectivity index (χ1) is 15.5. The predicted molar refractivity (Wildman–Crippen MR) is 121 cm³/mol. The van der Waals surface area contributed by atoms with Crippen molar-refractivity contribution in [2.45, 2.75) is 42.4 Å². The van der Waals surface area contributed by atoms with Crippen molar-refractivity contribution in [2.24, 2.45) is 5.73 Å². The van der Waals surface area contributed by atoms with E-state index in [9.17, 15) is 24.9 Å². The molecular formula is C26H30N2O5. The van der Waals surface area contributed by atoms with Crippen molar-refractivity contribution in [3.63, 3.8) is 0 Å². The number of carboxylic acids is 1. The summed E-state index contributed by atoms with van der Waals surface area (Å²) >= 11 is 0. The van der Waals surface area contributed by atoms with Crippen molar-refractivity contribution >= 4 is 11.9 Å². The van der Waals surface area contributed by atoms with Crippen molar-refractivity contribution < 1.29 is 29.4 Å². The second-order valence-electron chi connectivity index (χ2n) is 9.90. The van der Waals surface area contributed by atoms with Gasteiger partial charge >= 0.3 is 0 Å². The van der Waals surface area contributed by atoms with E-state index >= 15 is 0 Å². The molecule has 7 nitrogen and oxygen atoms in total. The van der Waals surface area contributed by atoms with Gasteiger partial charge in [0.05, 0.1) is 32.7 Å². The zero-order valence-electron chi connectivity index (χ0n) is 18.9. The highest BCUT2D eigenvalue weighted by Gasteiger charge is 2.67. The number of likely N-dealkylation sites (tertiary alicyclic amines) is 1. The van der Waals surface area contributed by atoms with Crippen LogP contribution in [0.3, 0.4) is 0 Å². The van der Waals surface area contributed by atoms with E-state index in [1.807, 2.05) is 18.2 Å². The fraction of sp³-hybridized carbons (Fsp3) is 0.385. The molecule has 174 valence electrons. The van der Waals surface area contributed by atoms with Crippen molar-refractivity contribution in [3.05, 3.63) is 82.9 Å². The Balaban J connectivity index is 0.000000243. The summed E-state index contributed by atoms with van der Waals surface area (Å²) in [6.07, 6.45) is 4.95. The summed E-state index contributed by atoms with van der Waals surface area (Å²) in [6, 6.07) is 13.7. The second-order valence-corrected chi connectivity index (χ2v) is 9.90. The molecule has 1 amide bonds. The van der Waals surface area contributed by atoms with Gasteiger partial charge in [0.25, 0.3) is 0 Å². The molecule has 1 unspecified atom stereocenters. The van der Waals surface area contributed by atoms with Crippen molar-refractivity contribution in [2.75, 3.05) is 20.6 Å². The Morgan fingerprint density at radius 3 is 2.42 bits per heavy atom. The molecule has 2 aromatic rings. The van der Waals surface area contributed by atoms with Gasteiger partial charge in [-0.2, -0.15) is 0 Å². The summed E-state index contributed by atoms with van der Waals surface area (Å²) in [5.41, 5.74) is 6.73. The number of nitrogens with two attached hydrogens (primary N) is 1. The number of amides is 1. The molecule has 2 aliphatic carbocycles. The number of aliphatic hydroxyl groups excluding tert-OH is 1. The number of carbonyl (C=O) groups is 2. The zero-order chi connectivity index (χ0) is 24.0. The largest absolute Gasteiger partial charge is 0.545 e. The van der Waals surface area contributed by atoms with Crippen LogP contribution in [0.1, 0.15) is 44.7 Å². The van der Waals surface area contributed by atoms with Crippen LogP contribution in [-0.2, 0) is 11.8 Å². The highest BCUT2D eigenvalue weighted by molar-refractivity contribution is 5.93. The first-order valence-electron chi connectivity index (χ1n) is 11.1. The van der Waals surface area contributed by atoms with Crippen LogP contribution in [0, 0.1) is 0 Å². The van der Waals surface area contributed by atoms with Crippen LogP contribution in [0.2, 0.25) is 0 Å². The molecule has 7 heteroatoms. The van der Waals surface area contributed by atoms with Gasteiger partial charge in [-0.15, -0.1) is 0 Å². The number of hydrogen-bond donors (Lipinski definition) is 3. The Hall–Kier alpha value is -3.00. The first-order valence-corrected chi connectivity index (χ1v) is 11.1. The molecule has 1 fully saturated rings. The lowest BCUT2D eigenvalue weighted by molar-refractivity contribution is -0.930. The van der Waals surface area contributed by atoms with Crippen LogP contribution >= 0.6 is 0 Å². The Labute approximate surface area is 193 Å². The van der Waals surface area contributed by atoms with Crippen LogP contribution in [-0.4, -0.2) is 65.0 Å². The lowest BCUT2D eigenvalue weighted by Crippen LogP contribution is -2.76. The minimum absolute atomic E-state index is 0.0296. The van der Waals surface area contributed by atoms with E-state index in [0.29, 0.717) is 12.0 Å². The SMILES string of the molecule is C[N+]1(C)CC[C@]23CC(O)C=C[C@@]2(O)[C@H]1Cc1ccc(C(N)=O)cc13.O=C([O-])c1ccccc1. The molecule has 33 heavy (non-hydrogen) atoms. The van der Waals surface area contributed by atoms with Gasteiger partial charge < -0.3 is 30.3 Å². The van der Waals surface area contributed by atoms with Crippen molar-refractivity contribution in [1.82, 2.24) is 0 Å². The fourth-order valence-corrected chi connectivity index (χ4v) is 5.90. The van der Waals surface area contributed by atoms with Gasteiger partial charge in [-0.3, -0.25) is 4.79 Å². The predicted octanol–water partition coefficient (Wildman–Crippen LogP) is 0.530. The normalized spacial score (nSPS) is 30.8. The standard InChI is InChI=1S/C19H24N2O3.C7H6O2/c1-21(2)8-7-18-11-14(22)5-6-19(18,24)16(21)10-12-3-4-13(17(20)23)9-15(12)18;8-7(9)6-4-2-1-3-5-6/h3-6,9,14,16,22,24H,7-8,10-11H2,1-2H3,(H-,20,23);1-5H,(H,8,9)/t14?,16-,18-,19-;/m1./s1. The molecule has 0 saturated carbocycles. The minimum Gasteiger partial charge on any atom is -0.545 e. The monoisotopic (exact) mass is 450 g/mol. The number of hydrogen-bond acceptors (Lipinski definition) is 5. The van der Waals surface area contributed by atoms with Gasteiger partial charge in [0.15, 0.2) is 0 Å². The highest BCUT2D eigenvalue weighted by atomic mass is 16.4. The van der Waals surface area contributed by atoms with Gasteiger partial charge in [-0.05, 0) is 41.3 Å². The Kier molecular flexibility index (Phi) is 5.68. The number of carbonyl (C=O) groups excluding carboxylic acids is 2. The number of carboxylic acid groups (broad SMARTS) is 1. The van der Waals surface area contributed by atoms with E-state index in [1.165, 1.54) is 12.1 Å². The van der Waals surface area contributed by atoms with E-state index < -0.39 is 29.0 Å². The number of primary amides is 1. The lowest BCUT2D eigenvalue weighted by Gasteiger charge is -2.63. The van der Waals surface area contributed by atoms with E-state index in [2.05, 4.69) is 14.1 Å². The molecule has 0 radical (unpaired) electrons. The van der Waals surface area contributed by atoms with Crippen LogP contribution in [0.5, 0.6) is 0 Å². The molecule has 4 N–H and O–H groups in total. The third-order valence-corrected chi connectivity index (χ3v) is 7.70. The van der Waals surface area contributed by atoms with E-state index in [4.69, 9.17) is 5.73 Å². The van der Waals surface area contributed by atoms with Gasteiger partial charge in [0, 0.05) is 23.8 Å². The van der Waals surface area contributed by atoms with E-state index in [0.717, 1.165) is 35.0 Å². The van der Waals surface area contributed by atoms with Gasteiger partial charge in [-0.1, -0.05) is 42.5 Å². The number of fused-ring (bicyclic) bond motifs is 1. The number of rotatable bonds is 2. The van der Waals surface area contributed by atoms with Crippen LogP contribution in [0.15, 0.2) is 60.7 Å². The number of benzene rings is 2. The Morgan fingerprint density at radius 2 is 1.82 bits per heavy atom. The maximum atomic E-state index is 11.8. The first kappa shape index (κ1) is 23.2. The lowest BCUT2D eigenvalue weighted by atomic mass is 9.50. The summed E-state index contributed by atoms with van der Waals surface area (Å²) in [5, 5.41) is 32.2. The third-order valence-electron chi connectivity index (χ3n) is 7.70. The fourth-order valence-electron chi connectivity index (χ4n) is 5.90. The Morgan fingerprint density at radius 1 is 1.12 bits per heavy atom. The van der Waals surface area contributed by atoms with Gasteiger partial charge in [-0.25, -0.2) is 0 Å². The number of piperidine rings is 1. The number of likely N-dealkylation sites (N-methyl/N-ethyl adjacent to an activating group) is 1. The molecule has 3 aliphatic rings. The van der Waals surface area contributed by atoms with Crippen LogP contribution in [0.25, 0.3) is 0 Å². The molecule has 1 saturated heterocycles. The topological polar surface area (TPSA) is 124 Å². The van der Waals surface area contributed by atoms with Gasteiger partial charge in [0.2, 0.25) is 5.91 Å². The molecular weight excluding hydrogens is 420 g/mol. The molecule has 2 aromatic carbocycles. The average molecular weight is 451 g/mol. The molecule has 2 bridgehead atoms. The smallest absolute Gasteiger partial charge is 0.248 e. The molecule has 5 rings (SSSR count). The number of aliphatic hydroxyl groups is 2. The maximum Gasteiger partial charge on any atom is 0.248 e. The maximum absolute atomic E-state index is 11.8. The summed E-state index contributed by atoms with van der Waals surface area (Å²) in [4.78, 5) is 21.7. The van der Waals surface area contributed by atoms with E-state index in [1.54, 1.807) is 30.3 Å². The summed E-state index contributed by atoms with van der Waals surface area (Å²) in [5.74, 6) is -1.59. The molecule has 4 atom stereocenters. The van der Waals surface area contributed by atoms with Crippen molar-refractivity contribution in [3.8, 4) is 0 Å². The van der Waals surface area contributed by atoms with Gasteiger partial charge in [0.1, 0.15) is 11.6 Å². The Bertz CT molecular complexity index is 1110. The number of nitrogens with zero attached hydrogens (tertiary/aromatic N) is 1. The number of aromatic carboxylic acids is 1. The van der Waals surface area contributed by atoms with Crippen LogP contribution in [0.4, 0.5) is 0 Å². The summed E-state index contributed by atoms with van der Waals surface area (Å²) in [7, 11) is 4.32. The molecule has 0 aromatic heterocycles. The van der Waals surface area contributed by atoms with Crippen LogP contribution < -0.4 is 10.8 Å². The quantitative estimate of drug-likeness (QED) is 0.455. The zero-order valence-corrected chi connectivity index (χ0v) is 18.9. The minimum atomic E-state index is -1.13. The summed E-state index contributed by atoms with van der Waals surface area (Å²) in [6.45, 7) is 0.924. The molecule has 1 aliphatic heterocycles. The number of quaternary nitrogens is 1. The third kappa shape index (κ3) is 3.76. The molecule has 1 heterocycles. The summed E-state index contributed by atoms with van der Waals surface area (Å²) < 4.78 is 0.746. The highest BCUT2D eigenvalue weighted by Crippen LogP contribution is 2.57. The van der Waals surface area contributed by atoms with E-state index in [-0.39, 0.29) is 11.6 Å². The second kappa shape index (κ2) is 8.09. The van der Waals surface area contributed by atoms with Crippen molar-refractivity contribution in [1.29, 1.82) is 0 Å².